The van der Waals surface area contributed by atoms with E-state index in [2.05, 4.69) is 0 Å². The van der Waals surface area contributed by atoms with Crippen molar-refractivity contribution < 1.29 is 9.13 Å². The van der Waals surface area contributed by atoms with Crippen LogP contribution in [0.5, 0.6) is 0 Å². The summed E-state index contributed by atoms with van der Waals surface area (Å²) in [5.41, 5.74) is 6.27. The Morgan fingerprint density at radius 1 is 1.33 bits per heavy atom. The number of nitrogens with two attached hydrogens (primary N) is 1. The molecule has 2 rings (SSSR count). The number of hydrogen-bond donors (Lipinski definition) is 1. The monoisotopic (exact) mass is 271 g/mol. The van der Waals surface area contributed by atoms with E-state index in [0.29, 0.717) is 35.6 Å². The summed E-state index contributed by atoms with van der Waals surface area (Å²) in [6.07, 6.45) is 3.59. The van der Waals surface area contributed by atoms with Gasteiger partial charge in [0.25, 0.3) is 0 Å². The third-order valence-electron chi connectivity index (χ3n) is 3.72. The van der Waals surface area contributed by atoms with Gasteiger partial charge in [0.2, 0.25) is 0 Å². The minimum Gasteiger partial charge on any atom is -0.376 e. The number of halogens is 2. The van der Waals surface area contributed by atoms with E-state index < -0.39 is 0 Å². The van der Waals surface area contributed by atoms with Gasteiger partial charge in [-0.1, -0.05) is 24.1 Å². The van der Waals surface area contributed by atoms with Gasteiger partial charge in [-0.3, -0.25) is 0 Å². The zero-order valence-corrected chi connectivity index (χ0v) is 11.1. The van der Waals surface area contributed by atoms with Crippen molar-refractivity contribution in [3.63, 3.8) is 0 Å². The molecule has 0 aliphatic heterocycles. The van der Waals surface area contributed by atoms with E-state index in [1.807, 2.05) is 0 Å². The van der Waals surface area contributed by atoms with Crippen LogP contribution in [0.25, 0.3) is 0 Å². The predicted octanol–water partition coefficient (Wildman–Crippen LogP) is 3.37. The van der Waals surface area contributed by atoms with Crippen LogP contribution < -0.4 is 5.73 Å². The van der Waals surface area contributed by atoms with Gasteiger partial charge in [-0.2, -0.15) is 0 Å². The van der Waals surface area contributed by atoms with E-state index in [9.17, 15) is 4.39 Å². The van der Waals surface area contributed by atoms with Crippen LogP contribution in [0, 0.1) is 17.7 Å². The van der Waals surface area contributed by atoms with Crippen LogP contribution in [0.1, 0.15) is 24.8 Å². The van der Waals surface area contributed by atoms with Crippen molar-refractivity contribution in [3.05, 3.63) is 34.6 Å². The summed E-state index contributed by atoms with van der Waals surface area (Å²) in [6.45, 7) is 1.70. The summed E-state index contributed by atoms with van der Waals surface area (Å²) >= 11 is 5.70. The summed E-state index contributed by atoms with van der Waals surface area (Å²) in [5, 5.41) is 0.412. The first-order valence-electron chi connectivity index (χ1n) is 6.42. The Hall–Kier alpha value is -0.640. The molecule has 1 aliphatic carbocycles. The van der Waals surface area contributed by atoms with Gasteiger partial charge in [-0.05, 0) is 43.4 Å². The van der Waals surface area contributed by atoms with Crippen LogP contribution in [-0.2, 0) is 11.3 Å². The Morgan fingerprint density at radius 3 is 2.83 bits per heavy atom. The Labute approximate surface area is 112 Å². The van der Waals surface area contributed by atoms with Gasteiger partial charge in [-0.25, -0.2) is 4.39 Å². The number of rotatable bonds is 5. The molecule has 0 spiro atoms. The van der Waals surface area contributed by atoms with Crippen molar-refractivity contribution in [2.75, 3.05) is 13.2 Å². The average molecular weight is 272 g/mol. The van der Waals surface area contributed by atoms with Crippen LogP contribution >= 0.6 is 11.6 Å². The van der Waals surface area contributed by atoms with E-state index in [0.717, 1.165) is 6.54 Å². The second kappa shape index (κ2) is 6.50. The van der Waals surface area contributed by atoms with E-state index in [1.54, 1.807) is 12.1 Å². The third-order valence-corrected chi connectivity index (χ3v) is 3.96. The first-order valence-corrected chi connectivity index (χ1v) is 6.80. The fourth-order valence-electron chi connectivity index (χ4n) is 2.60. The summed E-state index contributed by atoms with van der Waals surface area (Å²) in [6, 6.07) is 4.67. The first-order chi connectivity index (χ1) is 8.70. The minimum absolute atomic E-state index is 0.302. The maximum atomic E-state index is 13.5. The van der Waals surface area contributed by atoms with Gasteiger partial charge in [0.1, 0.15) is 5.82 Å². The maximum Gasteiger partial charge on any atom is 0.130 e. The van der Waals surface area contributed by atoms with Gasteiger partial charge >= 0.3 is 0 Å². The molecule has 0 aromatic heterocycles. The molecular formula is C14H19ClFNO. The lowest BCUT2D eigenvalue weighted by atomic mass is 9.97. The van der Waals surface area contributed by atoms with Crippen molar-refractivity contribution in [2.45, 2.75) is 25.9 Å². The molecule has 18 heavy (non-hydrogen) atoms. The van der Waals surface area contributed by atoms with E-state index in [4.69, 9.17) is 22.1 Å². The van der Waals surface area contributed by atoms with Crippen molar-refractivity contribution in [1.82, 2.24) is 0 Å². The van der Waals surface area contributed by atoms with Crippen molar-refractivity contribution in [2.24, 2.45) is 17.6 Å². The smallest absolute Gasteiger partial charge is 0.130 e. The highest BCUT2D eigenvalue weighted by Gasteiger charge is 2.25. The van der Waals surface area contributed by atoms with E-state index >= 15 is 0 Å². The normalized spacial score (nSPS) is 23.5. The molecule has 0 saturated heterocycles. The molecule has 4 heteroatoms. The lowest BCUT2D eigenvalue weighted by Crippen LogP contribution is -2.22. The van der Waals surface area contributed by atoms with E-state index in [-0.39, 0.29) is 5.82 Å². The molecule has 0 bridgehead atoms. The number of hydrogen-bond acceptors (Lipinski definition) is 2. The molecule has 2 nitrogen and oxygen atoms in total. The molecule has 2 unspecified atom stereocenters. The number of ether oxygens (including phenoxy) is 1. The molecule has 0 amide bonds. The predicted molar refractivity (Wildman–Crippen MR) is 71.0 cm³/mol. The van der Waals surface area contributed by atoms with Crippen LogP contribution in [0.4, 0.5) is 4.39 Å². The molecule has 0 radical (unpaired) electrons. The van der Waals surface area contributed by atoms with Gasteiger partial charge in [0.15, 0.2) is 0 Å². The Kier molecular flexibility index (Phi) is 4.98. The highest BCUT2D eigenvalue weighted by molar-refractivity contribution is 6.30. The second-order valence-corrected chi connectivity index (χ2v) is 5.37. The summed E-state index contributed by atoms with van der Waals surface area (Å²) in [7, 11) is 0. The summed E-state index contributed by atoms with van der Waals surface area (Å²) < 4.78 is 19.1. The second-order valence-electron chi connectivity index (χ2n) is 4.94. The molecule has 1 saturated carbocycles. The van der Waals surface area contributed by atoms with Crippen LogP contribution in [-0.4, -0.2) is 13.2 Å². The lowest BCUT2D eigenvalue weighted by molar-refractivity contribution is 0.0737. The van der Waals surface area contributed by atoms with Gasteiger partial charge < -0.3 is 10.5 Å². The zero-order chi connectivity index (χ0) is 13.0. The Balaban J connectivity index is 1.81. The zero-order valence-electron chi connectivity index (χ0n) is 10.4. The lowest BCUT2D eigenvalue weighted by Gasteiger charge is -2.17. The maximum absolute atomic E-state index is 13.5. The van der Waals surface area contributed by atoms with Gasteiger partial charge in [0, 0.05) is 10.6 Å². The summed E-state index contributed by atoms with van der Waals surface area (Å²) in [4.78, 5) is 0. The standard InChI is InChI=1S/C14H19ClFNO/c15-13-5-4-12(14(16)6-13)9-18-8-11-3-1-2-10(11)7-17/h4-6,10-11H,1-3,7-9,17H2. The fourth-order valence-corrected chi connectivity index (χ4v) is 2.76. The molecule has 1 aromatic carbocycles. The molecule has 100 valence electrons. The highest BCUT2D eigenvalue weighted by Crippen LogP contribution is 2.31. The molecular weight excluding hydrogens is 253 g/mol. The molecule has 1 aliphatic rings. The minimum atomic E-state index is -0.302. The molecule has 2 atom stereocenters. The first kappa shape index (κ1) is 13.8. The third kappa shape index (κ3) is 3.44. The molecule has 1 aromatic rings. The largest absolute Gasteiger partial charge is 0.376 e. The molecule has 0 heterocycles. The molecule has 2 N–H and O–H groups in total. The van der Waals surface area contributed by atoms with E-state index in [1.165, 1.54) is 25.3 Å². The van der Waals surface area contributed by atoms with Gasteiger partial charge in [0.05, 0.1) is 13.2 Å². The Morgan fingerprint density at radius 2 is 2.11 bits per heavy atom. The van der Waals surface area contributed by atoms with Crippen molar-refractivity contribution in [3.8, 4) is 0 Å². The molecule has 1 fully saturated rings. The fraction of sp³-hybridized carbons (Fsp3) is 0.571. The van der Waals surface area contributed by atoms with Crippen molar-refractivity contribution in [1.29, 1.82) is 0 Å². The number of benzene rings is 1. The summed E-state index contributed by atoms with van der Waals surface area (Å²) in [5.74, 6) is 0.801. The van der Waals surface area contributed by atoms with Gasteiger partial charge in [-0.15, -0.1) is 0 Å². The van der Waals surface area contributed by atoms with Crippen molar-refractivity contribution >= 4 is 11.6 Å². The highest BCUT2D eigenvalue weighted by atomic mass is 35.5. The van der Waals surface area contributed by atoms with Crippen LogP contribution in [0.3, 0.4) is 0 Å². The quantitative estimate of drug-likeness (QED) is 0.891. The SMILES string of the molecule is NCC1CCCC1COCc1ccc(Cl)cc1F. The Bertz CT molecular complexity index is 399. The van der Waals surface area contributed by atoms with Crippen LogP contribution in [0.15, 0.2) is 18.2 Å². The average Bonchev–Trinajstić information content (AvgIpc) is 2.79. The topological polar surface area (TPSA) is 35.2 Å². The van der Waals surface area contributed by atoms with Crippen LogP contribution in [0.2, 0.25) is 5.02 Å².